The summed E-state index contributed by atoms with van der Waals surface area (Å²) in [5.74, 6) is -1.49. The Morgan fingerprint density at radius 3 is 2.31 bits per heavy atom. The van der Waals surface area contributed by atoms with Gasteiger partial charge in [-0.15, -0.1) is 11.3 Å². The van der Waals surface area contributed by atoms with Crippen LogP contribution in [0.25, 0.3) is 0 Å². The number of rotatable bonds is 9. The maximum atomic E-state index is 12.7. The lowest BCUT2D eigenvalue weighted by Gasteiger charge is -2.17. The molecule has 8 heteroatoms. The van der Waals surface area contributed by atoms with Gasteiger partial charge in [0.25, 0.3) is 11.8 Å². The fourth-order valence-corrected chi connectivity index (χ4v) is 3.58. The molecule has 7 nitrogen and oxygen atoms in total. The molecule has 166 valence electrons. The minimum absolute atomic E-state index is 0.254. The van der Waals surface area contributed by atoms with E-state index in [1.165, 1.54) is 11.3 Å². The summed E-state index contributed by atoms with van der Waals surface area (Å²) in [4.78, 5) is 39.9. The Bertz CT molecular complexity index is 1030. The average Bonchev–Trinajstić information content (AvgIpc) is 3.33. The van der Waals surface area contributed by atoms with E-state index in [-0.39, 0.29) is 12.3 Å². The Kier molecular flexibility index (Phi) is 7.99. The summed E-state index contributed by atoms with van der Waals surface area (Å²) in [6, 6.07) is 19.1. The van der Waals surface area contributed by atoms with Gasteiger partial charge >= 0.3 is 5.97 Å². The second-order valence-electron chi connectivity index (χ2n) is 7.29. The van der Waals surface area contributed by atoms with Crippen LogP contribution in [-0.4, -0.2) is 44.5 Å². The van der Waals surface area contributed by atoms with Gasteiger partial charge in [0.1, 0.15) is 6.04 Å². The number of carbonyl (C=O) groups excluding carboxylic acids is 3. The summed E-state index contributed by atoms with van der Waals surface area (Å²) in [5.41, 5.74) is 2.47. The predicted molar refractivity (Wildman–Crippen MR) is 126 cm³/mol. The molecule has 3 rings (SSSR count). The van der Waals surface area contributed by atoms with Crippen LogP contribution in [0.1, 0.15) is 15.2 Å². The number of ether oxygens (including phenoxy) is 1. The van der Waals surface area contributed by atoms with Crippen molar-refractivity contribution >= 4 is 40.5 Å². The molecule has 1 heterocycles. The van der Waals surface area contributed by atoms with Crippen molar-refractivity contribution in [2.75, 3.05) is 30.9 Å². The molecule has 1 unspecified atom stereocenters. The second-order valence-corrected chi connectivity index (χ2v) is 8.24. The van der Waals surface area contributed by atoms with Crippen molar-refractivity contribution in [3.8, 4) is 0 Å². The first kappa shape index (κ1) is 23.0. The van der Waals surface area contributed by atoms with E-state index in [1.54, 1.807) is 29.6 Å². The monoisotopic (exact) mass is 451 g/mol. The van der Waals surface area contributed by atoms with Crippen LogP contribution in [0, 0.1) is 0 Å². The molecule has 2 amide bonds. The highest BCUT2D eigenvalue weighted by atomic mass is 32.1. The molecule has 0 saturated carbocycles. The Labute approximate surface area is 191 Å². The van der Waals surface area contributed by atoms with Crippen molar-refractivity contribution in [2.24, 2.45) is 0 Å². The average molecular weight is 452 g/mol. The van der Waals surface area contributed by atoms with Gasteiger partial charge < -0.3 is 20.3 Å². The van der Waals surface area contributed by atoms with Crippen LogP contribution >= 0.6 is 11.3 Å². The van der Waals surface area contributed by atoms with Crippen molar-refractivity contribution in [1.29, 1.82) is 0 Å². The number of amides is 2. The van der Waals surface area contributed by atoms with Crippen molar-refractivity contribution in [2.45, 2.75) is 12.5 Å². The van der Waals surface area contributed by atoms with Gasteiger partial charge in [-0.25, -0.2) is 4.79 Å². The Morgan fingerprint density at radius 2 is 1.69 bits per heavy atom. The number of hydrogen-bond donors (Lipinski definition) is 2. The Hall–Kier alpha value is -3.65. The fraction of sp³-hybridized carbons (Fsp3) is 0.208. The molecule has 0 bridgehead atoms. The zero-order valence-electron chi connectivity index (χ0n) is 17.9. The first-order valence-corrected chi connectivity index (χ1v) is 10.9. The molecule has 1 aromatic heterocycles. The molecule has 0 radical (unpaired) electrons. The molecule has 0 spiro atoms. The van der Waals surface area contributed by atoms with Crippen LogP contribution in [0.15, 0.2) is 72.1 Å². The summed E-state index contributed by atoms with van der Waals surface area (Å²) >= 11 is 1.28. The van der Waals surface area contributed by atoms with Crippen molar-refractivity contribution in [3.05, 3.63) is 82.6 Å². The topological polar surface area (TPSA) is 87.7 Å². The van der Waals surface area contributed by atoms with E-state index in [1.807, 2.05) is 61.5 Å². The number of nitrogens with zero attached hydrogens (tertiary/aromatic N) is 1. The molecule has 2 aromatic carbocycles. The predicted octanol–water partition coefficient (Wildman–Crippen LogP) is 3.34. The fourth-order valence-electron chi connectivity index (χ4n) is 2.96. The van der Waals surface area contributed by atoms with Gasteiger partial charge in [0.15, 0.2) is 6.61 Å². The van der Waals surface area contributed by atoms with Crippen molar-refractivity contribution in [1.82, 2.24) is 5.32 Å². The number of nitrogens with one attached hydrogen (secondary N) is 2. The molecule has 2 N–H and O–H groups in total. The lowest BCUT2D eigenvalue weighted by molar-refractivity contribution is -0.149. The standard InChI is InChI=1S/C24H25N3O4S/c1-27(2)19-12-10-18(11-13-19)25-22(28)16-31-24(30)20(15-17-7-4-3-5-8-17)26-23(29)21-9-6-14-32-21/h3-14,20H,15-16H2,1-2H3,(H,25,28)(H,26,29). The minimum atomic E-state index is -0.917. The largest absolute Gasteiger partial charge is 0.454 e. The molecule has 1 atom stereocenters. The highest BCUT2D eigenvalue weighted by molar-refractivity contribution is 7.12. The van der Waals surface area contributed by atoms with E-state index in [9.17, 15) is 14.4 Å². The molecular formula is C24H25N3O4S. The second kappa shape index (κ2) is 11.1. The summed E-state index contributed by atoms with van der Waals surface area (Å²) < 4.78 is 5.22. The third-order valence-corrected chi connectivity index (χ3v) is 5.50. The highest BCUT2D eigenvalue weighted by Gasteiger charge is 2.24. The number of anilines is 2. The smallest absolute Gasteiger partial charge is 0.329 e. The minimum Gasteiger partial charge on any atom is -0.454 e. The van der Waals surface area contributed by atoms with Crippen LogP contribution in [0.3, 0.4) is 0 Å². The maximum absolute atomic E-state index is 12.7. The van der Waals surface area contributed by atoms with E-state index in [0.717, 1.165) is 11.3 Å². The van der Waals surface area contributed by atoms with Gasteiger partial charge in [0, 0.05) is 31.9 Å². The van der Waals surface area contributed by atoms with E-state index < -0.39 is 24.5 Å². The van der Waals surface area contributed by atoms with Gasteiger partial charge in [-0.1, -0.05) is 36.4 Å². The molecular weight excluding hydrogens is 426 g/mol. The van der Waals surface area contributed by atoms with Gasteiger partial charge in [0.2, 0.25) is 0 Å². The first-order chi connectivity index (χ1) is 15.4. The number of carbonyl (C=O) groups is 3. The van der Waals surface area contributed by atoms with Gasteiger partial charge in [-0.3, -0.25) is 9.59 Å². The number of esters is 1. The number of benzene rings is 2. The quantitative estimate of drug-likeness (QED) is 0.487. The van der Waals surface area contributed by atoms with Gasteiger partial charge in [0.05, 0.1) is 4.88 Å². The molecule has 0 aliphatic rings. The zero-order chi connectivity index (χ0) is 22.9. The Balaban J connectivity index is 1.59. The third-order valence-electron chi connectivity index (χ3n) is 4.63. The highest BCUT2D eigenvalue weighted by Crippen LogP contribution is 2.15. The number of thiophene rings is 1. The molecule has 0 saturated heterocycles. The molecule has 0 fully saturated rings. The molecule has 0 aliphatic heterocycles. The molecule has 0 aliphatic carbocycles. The van der Waals surface area contributed by atoms with Crippen LogP contribution in [-0.2, 0) is 20.7 Å². The third kappa shape index (κ3) is 6.68. The van der Waals surface area contributed by atoms with Crippen LogP contribution < -0.4 is 15.5 Å². The van der Waals surface area contributed by atoms with E-state index in [4.69, 9.17) is 4.74 Å². The van der Waals surface area contributed by atoms with Gasteiger partial charge in [-0.2, -0.15) is 0 Å². The maximum Gasteiger partial charge on any atom is 0.329 e. The SMILES string of the molecule is CN(C)c1ccc(NC(=O)COC(=O)C(Cc2ccccc2)NC(=O)c2cccs2)cc1. The summed E-state index contributed by atoms with van der Waals surface area (Å²) in [7, 11) is 3.85. The van der Waals surface area contributed by atoms with Crippen LogP contribution in [0.5, 0.6) is 0 Å². The molecule has 3 aromatic rings. The van der Waals surface area contributed by atoms with E-state index in [0.29, 0.717) is 10.6 Å². The zero-order valence-corrected chi connectivity index (χ0v) is 18.7. The van der Waals surface area contributed by atoms with Crippen LogP contribution in [0.4, 0.5) is 11.4 Å². The normalized spacial score (nSPS) is 11.3. The summed E-state index contributed by atoms with van der Waals surface area (Å²) in [6.45, 7) is -0.450. The number of hydrogen-bond acceptors (Lipinski definition) is 6. The Morgan fingerprint density at radius 1 is 0.969 bits per heavy atom. The first-order valence-electron chi connectivity index (χ1n) is 10.0. The lowest BCUT2D eigenvalue weighted by Crippen LogP contribution is -2.43. The lowest BCUT2D eigenvalue weighted by atomic mass is 10.1. The van der Waals surface area contributed by atoms with E-state index >= 15 is 0 Å². The van der Waals surface area contributed by atoms with Crippen LogP contribution in [0.2, 0.25) is 0 Å². The summed E-state index contributed by atoms with van der Waals surface area (Å²) in [5, 5.41) is 7.20. The van der Waals surface area contributed by atoms with Gasteiger partial charge in [-0.05, 0) is 41.3 Å². The van der Waals surface area contributed by atoms with E-state index in [2.05, 4.69) is 10.6 Å². The van der Waals surface area contributed by atoms with Crippen molar-refractivity contribution < 1.29 is 19.1 Å². The van der Waals surface area contributed by atoms with Crippen molar-refractivity contribution in [3.63, 3.8) is 0 Å². The summed E-state index contributed by atoms with van der Waals surface area (Å²) in [6.07, 6.45) is 0.254. The molecule has 32 heavy (non-hydrogen) atoms.